The van der Waals surface area contributed by atoms with Crippen molar-refractivity contribution in [3.8, 4) is 0 Å². The van der Waals surface area contributed by atoms with Gasteiger partial charge < -0.3 is 9.47 Å². The van der Waals surface area contributed by atoms with Crippen molar-refractivity contribution < 1.29 is 14.3 Å². The number of carbonyl (C=O) groups is 1. The van der Waals surface area contributed by atoms with Crippen LogP contribution in [0.25, 0.3) is 0 Å². The van der Waals surface area contributed by atoms with E-state index in [0.29, 0.717) is 0 Å². The Morgan fingerprint density at radius 3 is 2.50 bits per heavy atom. The van der Waals surface area contributed by atoms with Crippen LogP contribution in [-0.4, -0.2) is 18.4 Å². The molecule has 1 rings (SSSR count). The Hall–Kier alpha value is -0.990. The van der Waals surface area contributed by atoms with Crippen molar-refractivity contribution in [1.29, 1.82) is 0 Å². The Balaban J connectivity index is 2.29. The lowest BCUT2D eigenvalue weighted by molar-refractivity contribution is 0.115. The van der Waals surface area contributed by atoms with E-state index in [1.807, 2.05) is 6.08 Å². The summed E-state index contributed by atoms with van der Waals surface area (Å²) in [6, 6.07) is 0. The summed E-state index contributed by atoms with van der Waals surface area (Å²) < 4.78 is 10.3. The van der Waals surface area contributed by atoms with Gasteiger partial charge in [-0.15, -0.1) is 0 Å². The third kappa shape index (κ3) is 5.56. The smallest absolute Gasteiger partial charge is 0.427 e. The fourth-order valence-electron chi connectivity index (χ4n) is 2.13. The third-order valence-corrected chi connectivity index (χ3v) is 3.24. The van der Waals surface area contributed by atoms with Crippen molar-refractivity contribution >= 4 is 6.16 Å². The number of hydrogen-bond acceptors (Lipinski definition) is 3. The van der Waals surface area contributed by atoms with Gasteiger partial charge in [-0.2, -0.15) is 0 Å². The van der Waals surface area contributed by atoms with Gasteiger partial charge in [-0.05, 0) is 31.8 Å². The zero-order valence-corrected chi connectivity index (χ0v) is 11.7. The second-order valence-electron chi connectivity index (χ2n) is 4.91. The Morgan fingerprint density at radius 1 is 1.06 bits per heavy atom. The van der Waals surface area contributed by atoms with E-state index in [9.17, 15) is 4.79 Å². The number of unbranched alkanes of at least 4 members (excludes halogenated alkanes) is 5. The summed E-state index contributed by atoms with van der Waals surface area (Å²) in [4.78, 5) is 11.2. The van der Waals surface area contributed by atoms with Crippen LogP contribution in [0.1, 0.15) is 65.2 Å². The molecule has 1 fully saturated rings. The van der Waals surface area contributed by atoms with Gasteiger partial charge >= 0.3 is 6.16 Å². The number of carbonyl (C=O) groups excluding carboxylic acids is 1. The van der Waals surface area contributed by atoms with Gasteiger partial charge in [0, 0.05) is 0 Å². The molecule has 18 heavy (non-hydrogen) atoms. The van der Waals surface area contributed by atoms with Crippen molar-refractivity contribution in [1.82, 2.24) is 0 Å². The summed E-state index contributed by atoms with van der Waals surface area (Å²) >= 11 is 0. The van der Waals surface area contributed by atoms with Gasteiger partial charge in [-0.3, -0.25) is 0 Å². The molecule has 1 aliphatic heterocycles. The fourth-order valence-corrected chi connectivity index (χ4v) is 2.13. The molecule has 0 amide bonds. The van der Waals surface area contributed by atoms with Gasteiger partial charge in [-0.1, -0.05) is 45.6 Å². The SMILES string of the molecule is CCCCC/C=C/[C@H]1OC(=O)O[C@@H]1CCCCC. The summed E-state index contributed by atoms with van der Waals surface area (Å²) in [7, 11) is 0. The van der Waals surface area contributed by atoms with Gasteiger partial charge in [0.25, 0.3) is 0 Å². The number of allylic oxidation sites excluding steroid dienone is 1. The monoisotopic (exact) mass is 254 g/mol. The van der Waals surface area contributed by atoms with Gasteiger partial charge in [0.1, 0.15) is 6.10 Å². The van der Waals surface area contributed by atoms with E-state index >= 15 is 0 Å². The quantitative estimate of drug-likeness (QED) is 0.342. The van der Waals surface area contributed by atoms with Crippen LogP contribution in [0.5, 0.6) is 0 Å². The lowest BCUT2D eigenvalue weighted by Gasteiger charge is -2.11. The second-order valence-corrected chi connectivity index (χ2v) is 4.91. The maximum atomic E-state index is 11.2. The molecule has 1 aliphatic rings. The van der Waals surface area contributed by atoms with Crippen LogP contribution in [0.3, 0.4) is 0 Å². The highest BCUT2D eigenvalue weighted by molar-refractivity contribution is 5.63. The van der Waals surface area contributed by atoms with Crippen molar-refractivity contribution in [3.05, 3.63) is 12.2 Å². The highest BCUT2D eigenvalue weighted by Gasteiger charge is 2.33. The van der Waals surface area contributed by atoms with Gasteiger partial charge in [0.2, 0.25) is 0 Å². The predicted octanol–water partition coefficient (Wildman–Crippen LogP) is 4.61. The highest BCUT2D eigenvalue weighted by Crippen LogP contribution is 2.22. The molecule has 3 nitrogen and oxygen atoms in total. The summed E-state index contributed by atoms with van der Waals surface area (Å²) in [6.07, 6.45) is 12.5. The maximum Gasteiger partial charge on any atom is 0.509 e. The molecule has 104 valence electrons. The summed E-state index contributed by atoms with van der Waals surface area (Å²) in [5.41, 5.74) is 0. The molecule has 0 unspecified atom stereocenters. The maximum absolute atomic E-state index is 11.2. The molecule has 0 bridgehead atoms. The van der Waals surface area contributed by atoms with E-state index in [-0.39, 0.29) is 12.2 Å². The van der Waals surface area contributed by atoms with E-state index < -0.39 is 6.16 Å². The molecule has 0 spiro atoms. The molecular weight excluding hydrogens is 228 g/mol. The zero-order valence-electron chi connectivity index (χ0n) is 11.7. The Kier molecular flexibility index (Phi) is 7.54. The fraction of sp³-hybridized carbons (Fsp3) is 0.800. The molecule has 0 aliphatic carbocycles. The van der Waals surface area contributed by atoms with Crippen molar-refractivity contribution in [2.24, 2.45) is 0 Å². The molecule has 0 radical (unpaired) electrons. The first kappa shape index (κ1) is 15.1. The standard InChI is InChI=1S/C15H26O3/c1-3-5-7-8-10-12-14-13(11-9-6-4-2)17-15(16)18-14/h10,12-14H,3-9,11H2,1-2H3/b12-10+/t13-,14-/m1/s1. The lowest BCUT2D eigenvalue weighted by atomic mass is 10.1. The number of rotatable bonds is 9. The average Bonchev–Trinajstić information content (AvgIpc) is 2.70. The lowest BCUT2D eigenvalue weighted by Crippen LogP contribution is -2.20. The van der Waals surface area contributed by atoms with Gasteiger partial charge in [0.05, 0.1) is 0 Å². The van der Waals surface area contributed by atoms with Crippen LogP contribution < -0.4 is 0 Å². The second kappa shape index (κ2) is 9.01. The zero-order chi connectivity index (χ0) is 13.2. The van der Waals surface area contributed by atoms with Crippen LogP contribution in [0.15, 0.2) is 12.2 Å². The first-order valence-electron chi connectivity index (χ1n) is 7.31. The Bertz CT molecular complexity index is 260. The minimum absolute atomic E-state index is 0.0773. The molecule has 0 N–H and O–H groups in total. The molecule has 2 atom stereocenters. The van der Waals surface area contributed by atoms with Crippen molar-refractivity contribution in [2.45, 2.75) is 77.4 Å². The largest absolute Gasteiger partial charge is 0.509 e. The van der Waals surface area contributed by atoms with E-state index in [4.69, 9.17) is 9.47 Å². The molecule has 0 saturated carbocycles. The van der Waals surface area contributed by atoms with Crippen LogP contribution >= 0.6 is 0 Å². The molecule has 1 saturated heterocycles. The van der Waals surface area contributed by atoms with E-state index in [1.165, 1.54) is 32.1 Å². The number of ether oxygens (including phenoxy) is 2. The van der Waals surface area contributed by atoms with Crippen LogP contribution in [0.4, 0.5) is 4.79 Å². The van der Waals surface area contributed by atoms with Gasteiger partial charge in [-0.25, -0.2) is 4.79 Å². The van der Waals surface area contributed by atoms with Crippen molar-refractivity contribution in [2.75, 3.05) is 0 Å². The topological polar surface area (TPSA) is 35.5 Å². The van der Waals surface area contributed by atoms with Crippen LogP contribution in [0.2, 0.25) is 0 Å². The first-order valence-corrected chi connectivity index (χ1v) is 7.31. The first-order chi connectivity index (χ1) is 8.77. The third-order valence-electron chi connectivity index (χ3n) is 3.24. The highest BCUT2D eigenvalue weighted by atomic mass is 16.8. The summed E-state index contributed by atoms with van der Waals surface area (Å²) in [5, 5.41) is 0. The van der Waals surface area contributed by atoms with Crippen molar-refractivity contribution in [3.63, 3.8) is 0 Å². The summed E-state index contributed by atoms with van der Waals surface area (Å²) in [5.74, 6) is 0. The van der Waals surface area contributed by atoms with E-state index in [2.05, 4.69) is 19.9 Å². The van der Waals surface area contributed by atoms with E-state index in [1.54, 1.807) is 0 Å². The minimum Gasteiger partial charge on any atom is -0.427 e. The van der Waals surface area contributed by atoms with E-state index in [0.717, 1.165) is 19.3 Å². The normalized spacial score (nSPS) is 23.3. The Labute approximate surface area is 111 Å². The summed E-state index contributed by atoms with van der Waals surface area (Å²) in [6.45, 7) is 4.36. The average molecular weight is 254 g/mol. The predicted molar refractivity (Wildman–Crippen MR) is 72.6 cm³/mol. The Morgan fingerprint density at radius 2 is 1.78 bits per heavy atom. The molecule has 0 aromatic carbocycles. The number of hydrogen-bond donors (Lipinski definition) is 0. The molecule has 3 heteroatoms. The molecular formula is C15H26O3. The van der Waals surface area contributed by atoms with Crippen LogP contribution in [-0.2, 0) is 9.47 Å². The van der Waals surface area contributed by atoms with Crippen LogP contribution in [0, 0.1) is 0 Å². The van der Waals surface area contributed by atoms with Gasteiger partial charge in [0.15, 0.2) is 6.10 Å². The number of cyclic esters (lactones) is 2. The molecule has 1 heterocycles. The molecule has 0 aromatic rings. The molecule has 0 aromatic heterocycles. The minimum atomic E-state index is -0.514.